The number of esters is 1. The molecule has 9 nitrogen and oxygen atoms in total. The number of carbonyl (C=O) groups excluding carboxylic acids is 1. The summed E-state index contributed by atoms with van der Waals surface area (Å²) >= 11 is 0. The first-order chi connectivity index (χ1) is 17.2. The van der Waals surface area contributed by atoms with Crippen LogP contribution in [0.4, 0.5) is 0 Å². The highest BCUT2D eigenvalue weighted by Gasteiger charge is 2.25. The third-order valence-electron chi connectivity index (χ3n) is 6.62. The summed E-state index contributed by atoms with van der Waals surface area (Å²) in [4.78, 5) is 34.4. The molecule has 1 aliphatic rings. The number of imidazole rings is 1. The number of benzene rings is 2. The molecule has 188 valence electrons. The van der Waals surface area contributed by atoms with Crippen molar-refractivity contribution in [3.05, 3.63) is 64.2 Å². The van der Waals surface area contributed by atoms with E-state index in [4.69, 9.17) is 9.47 Å². The average Bonchev–Trinajstić information content (AvgIpc) is 3.43. The summed E-state index contributed by atoms with van der Waals surface area (Å²) in [6.07, 6.45) is 4.28. The van der Waals surface area contributed by atoms with E-state index in [0.717, 1.165) is 41.4 Å². The molecule has 0 saturated carbocycles. The average molecular weight is 490 g/mol. The first-order valence-corrected chi connectivity index (χ1v) is 12.2. The molecule has 1 N–H and O–H groups in total. The quantitative estimate of drug-likeness (QED) is 0.326. The van der Waals surface area contributed by atoms with Gasteiger partial charge in [-0.25, -0.2) is 9.50 Å². The van der Waals surface area contributed by atoms with Crippen LogP contribution < -0.4 is 15.0 Å². The van der Waals surface area contributed by atoms with Crippen molar-refractivity contribution < 1.29 is 14.3 Å². The smallest absolute Gasteiger partial charge is 0.316 e. The van der Waals surface area contributed by atoms with E-state index in [1.54, 1.807) is 6.20 Å². The second-order valence-corrected chi connectivity index (χ2v) is 10.5. The molecule has 1 aliphatic heterocycles. The van der Waals surface area contributed by atoms with E-state index in [1.165, 1.54) is 4.52 Å². The molecule has 5 rings (SSSR count). The monoisotopic (exact) mass is 489 g/mol. The van der Waals surface area contributed by atoms with Gasteiger partial charge in [-0.1, -0.05) is 24.3 Å². The van der Waals surface area contributed by atoms with Gasteiger partial charge < -0.3 is 14.4 Å². The van der Waals surface area contributed by atoms with E-state index in [2.05, 4.69) is 27.0 Å². The molecule has 0 unspecified atom stereocenters. The van der Waals surface area contributed by atoms with Gasteiger partial charge >= 0.3 is 12.0 Å². The zero-order valence-electron chi connectivity index (χ0n) is 21.1. The molecule has 3 heterocycles. The van der Waals surface area contributed by atoms with Crippen LogP contribution in [0.3, 0.4) is 0 Å². The molecule has 0 amide bonds. The fraction of sp³-hybridized carbons (Fsp3) is 0.407. The van der Waals surface area contributed by atoms with Gasteiger partial charge in [-0.2, -0.15) is 0 Å². The van der Waals surface area contributed by atoms with E-state index < -0.39 is 5.41 Å². The van der Waals surface area contributed by atoms with Crippen LogP contribution in [0.25, 0.3) is 16.4 Å². The second-order valence-electron chi connectivity index (χ2n) is 10.5. The number of nitrogens with zero attached hydrogens (tertiary/aromatic N) is 4. The topological polar surface area (TPSA) is 102 Å². The van der Waals surface area contributed by atoms with Crippen molar-refractivity contribution >= 4 is 22.4 Å². The first-order valence-electron chi connectivity index (χ1n) is 12.2. The molecule has 36 heavy (non-hydrogen) atoms. The number of aromatic nitrogens is 4. The first kappa shape index (κ1) is 24.0. The number of likely N-dealkylation sites (N-methyl/N-ethyl adjacent to an activating group) is 1. The predicted octanol–water partition coefficient (Wildman–Crippen LogP) is 3.59. The summed E-state index contributed by atoms with van der Waals surface area (Å²) in [6.45, 7) is 6.97. The lowest BCUT2D eigenvalue weighted by Crippen LogP contribution is -2.31. The maximum absolute atomic E-state index is 12.7. The van der Waals surface area contributed by atoms with E-state index in [0.29, 0.717) is 24.8 Å². The largest absolute Gasteiger partial charge is 0.462 e. The molecule has 1 fully saturated rings. The van der Waals surface area contributed by atoms with Crippen LogP contribution in [0.5, 0.6) is 11.8 Å². The highest BCUT2D eigenvalue weighted by molar-refractivity contribution is 5.88. The van der Waals surface area contributed by atoms with Crippen molar-refractivity contribution in [3.8, 4) is 11.8 Å². The number of hydrogen-bond donors (Lipinski definition) is 1. The third-order valence-corrected chi connectivity index (χ3v) is 6.62. The Bertz CT molecular complexity index is 1480. The van der Waals surface area contributed by atoms with Crippen molar-refractivity contribution in [2.45, 2.75) is 46.1 Å². The molecule has 9 heteroatoms. The lowest BCUT2D eigenvalue weighted by molar-refractivity contribution is -0.142. The second kappa shape index (κ2) is 9.39. The minimum atomic E-state index is -0.623. The molecule has 0 aliphatic carbocycles. The Hall–Kier alpha value is -3.72. The van der Waals surface area contributed by atoms with Crippen LogP contribution in [0, 0.1) is 5.41 Å². The molecule has 1 atom stereocenters. The van der Waals surface area contributed by atoms with Crippen LogP contribution in [0.2, 0.25) is 0 Å². The predicted molar refractivity (Wildman–Crippen MR) is 137 cm³/mol. The van der Waals surface area contributed by atoms with Crippen LogP contribution >= 0.6 is 0 Å². The van der Waals surface area contributed by atoms with Gasteiger partial charge in [-0.05, 0) is 75.7 Å². The number of fused-ring (bicyclic) bond motifs is 2. The summed E-state index contributed by atoms with van der Waals surface area (Å²) < 4.78 is 13.1. The Morgan fingerprint density at radius 3 is 2.78 bits per heavy atom. The lowest BCUT2D eigenvalue weighted by atomic mass is 9.97. The number of H-pyrrole nitrogens is 1. The van der Waals surface area contributed by atoms with E-state index in [1.807, 2.05) is 57.2 Å². The maximum Gasteiger partial charge on any atom is 0.316 e. The lowest BCUT2D eigenvalue weighted by Gasteiger charge is -2.19. The van der Waals surface area contributed by atoms with Crippen molar-refractivity contribution in [2.75, 3.05) is 20.2 Å². The SMILES string of the molecule is CN1CCC[C@H]1COc1nn2c(Cc3cc(OC(=O)C(C)(C)C)cc4ccccc34)cnc2c(=O)[nH]1. The van der Waals surface area contributed by atoms with Crippen LogP contribution in [0.15, 0.2) is 47.4 Å². The molecule has 2 aromatic heterocycles. The third kappa shape index (κ3) is 4.83. The van der Waals surface area contributed by atoms with E-state index >= 15 is 0 Å². The standard InChI is InChI=1S/C27H31N5O4/c1-27(2,3)25(34)36-21-13-17-8-5-6-10-22(17)18(14-21)12-20-15-28-23-24(33)29-26(30-32(20)23)35-16-19-9-7-11-31(19)4/h5-6,8,10,13-15,19H,7,9,11-12,16H2,1-4H3,(H,29,30,33)/t19-/m0/s1. The number of hydrogen-bond acceptors (Lipinski definition) is 7. The van der Waals surface area contributed by atoms with Gasteiger partial charge in [0.1, 0.15) is 12.4 Å². The summed E-state index contributed by atoms with van der Waals surface area (Å²) in [5.74, 6) is 0.175. The van der Waals surface area contributed by atoms with Crippen molar-refractivity contribution in [2.24, 2.45) is 5.41 Å². The molecule has 2 aromatic carbocycles. The summed E-state index contributed by atoms with van der Waals surface area (Å²) in [7, 11) is 2.07. The fourth-order valence-electron chi connectivity index (χ4n) is 4.49. The number of aromatic amines is 1. The van der Waals surface area contributed by atoms with Gasteiger partial charge in [-0.3, -0.25) is 14.6 Å². The zero-order valence-corrected chi connectivity index (χ0v) is 21.1. The molecule has 0 spiro atoms. The van der Waals surface area contributed by atoms with Crippen molar-refractivity contribution in [3.63, 3.8) is 0 Å². The Labute approximate surface area is 209 Å². The van der Waals surface area contributed by atoms with Crippen LogP contribution in [0.1, 0.15) is 44.9 Å². The number of nitrogens with one attached hydrogen (secondary N) is 1. The van der Waals surface area contributed by atoms with Crippen LogP contribution in [-0.2, 0) is 11.2 Å². The highest BCUT2D eigenvalue weighted by atomic mass is 16.5. The minimum Gasteiger partial charge on any atom is -0.462 e. The molecule has 0 radical (unpaired) electrons. The Kier molecular flexibility index (Phi) is 6.26. The minimum absolute atomic E-state index is 0.171. The van der Waals surface area contributed by atoms with Crippen molar-refractivity contribution in [1.82, 2.24) is 24.5 Å². The number of rotatable bonds is 6. The summed E-state index contributed by atoms with van der Waals surface area (Å²) in [5, 5.41) is 6.51. The molecule has 4 aromatic rings. The Balaban J connectivity index is 1.48. The van der Waals surface area contributed by atoms with Crippen LogP contribution in [-0.4, -0.2) is 56.7 Å². The van der Waals surface area contributed by atoms with Gasteiger partial charge in [-0.15, -0.1) is 5.10 Å². The molecular formula is C27H31N5O4. The maximum atomic E-state index is 12.7. The number of likely N-dealkylation sites (tertiary alicyclic amines) is 1. The van der Waals surface area contributed by atoms with Gasteiger partial charge in [0.25, 0.3) is 5.56 Å². The Morgan fingerprint density at radius 1 is 1.22 bits per heavy atom. The van der Waals surface area contributed by atoms with E-state index in [-0.39, 0.29) is 23.2 Å². The van der Waals surface area contributed by atoms with Gasteiger partial charge in [0.05, 0.1) is 17.3 Å². The van der Waals surface area contributed by atoms with Gasteiger partial charge in [0, 0.05) is 12.5 Å². The fourth-order valence-corrected chi connectivity index (χ4v) is 4.49. The van der Waals surface area contributed by atoms with Gasteiger partial charge in [0.15, 0.2) is 0 Å². The molecule has 1 saturated heterocycles. The number of ether oxygens (including phenoxy) is 2. The summed E-state index contributed by atoms with van der Waals surface area (Å²) in [5.41, 5.74) is 0.882. The molecular weight excluding hydrogens is 458 g/mol. The van der Waals surface area contributed by atoms with E-state index in [9.17, 15) is 9.59 Å². The normalized spacial score (nSPS) is 16.6. The van der Waals surface area contributed by atoms with Crippen molar-refractivity contribution in [1.29, 1.82) is 0 Å². The van der Waals surface area contributed by atoms with Gasteiger partial charge in [0.2, 0.25) is 5.65 Å². The summed E-state index contributed by atoms with van der Waals surface area (Å²) in [6, 6.07) is 12.1. The molecule has 0 bridgehead atoms. The highest BCUT2D eigenvalue weighted by Crippen LogP contribution is 2.29. The Morgan fingerprint density at radius 2 is 2.03 bits per heavy atom. The number of carbonyl (C=O) groups is 1. The zero-order chi connectivity index (χ0) is 25.4.